The van der Waals surface area contributed by atoms with E-state index in [0.29, 0.717) is 19.3 Å². The number of Topliss-reactive ketones (excluding diaryl/α,β-unsaturated/α-hetero) is 1. The molecule has 1 aliphatic carbocycles. The largest absolute Gasteiger partial charge is 0.497 e. The van der Waals surface area contributed by atoms with Crippen LogP contribution in [0.4, 0.5) is 5.69 Å². The van der Waals surface area contributed by atoms with Gasteiger partial charge in [-0.25, -0.2) is 0 Å². The molecule has 4 nitrogen and oxygen atoms in total. The molecule has 4 rings (SSSR count). The van der Waals surface area contributed by atoms with E-state index in [9.17, 15) is 9.59 Å². The van der Waals surface area contributed by atoms with Gasteiger partial charge in [-0.3, -0.25) is 14.5 Å². The fraction of sp³-hybridized carbons (Fsp3) is 0.385. The summed E-state index contributed by atoms with van der Waals surface area (Å²) in [5.74, 6) is 0.769. The third-order valence-corrected chi connectivity index (χ3v) is 6.48. The first-order valence-corrected chi connectivity index (χ1v) is 10.5. The number of carbonyl (C=O) groups is 2. The normalized spacial score (nSPS) is 21.0. The maximum atomic E-state index is 13.5. The zero-order valence-corrected chi connectivity index (χ0v) is 18.4. The van der Waals surface area contributed by atoms with Crippen LogP contribution in [0.15, 0.2) is 53.7 Å². The number of ketones is 1. The lowest BCUT2D eigenvalue weighted by Crippen LogP contribution is -2.44. The summed E-state index contributed by atoms with van der Waals surface area (Å²) in [5.41, 5.74) is 5.62. The van der Waals surface area contributed by atoms with Crippen LogP contribution in [0.5, 0.6) is 5.75 Å². The molecule has 0 saturated carbocycles. The number of ether oxygens (including phenoxy) is 1. The fourth-order valence-electron chi connectivity index (χ4n) is 4.79. The fourth-order valence-corrected chi connectivity index (χ4v) is 4.79. The second-order valence-electron chi connectivity index (χ2n) is 9.28. The molecule has 2 aliphatic rings. The zero-order valence-electron chi connectivity index (χ0n) is 18.4. The number of rotatable bonds is 3. The summed E-state index contributed by atoms with van der Waals surface area (Å²) >= 11 is 0. The summed E-state index contributed by atoms with van der Waals surface area (Å²) in [6.45, 7) is 8.32. The summed E-state index contributed by atoms with van der Waals surface area (Å²) in [6, 6.07) is 13.8. The molecule has 1 heterocycles. The Hall–Kier alpha value is -2.88. The van der Waals surface area contributed by atoms with E-state index < -0.39 is 0 Å². The highest BCUT2D eigenvalue weighted by Crippen LogP contribution is 2.48. The molecule has 1 aliphatic heterocycles. The van der Waals surface area contributed by atoms with Gasteiger partial charge >= 0.3 is 0 Å². The van der Waals surface area contributed by atoms with Crippen LogP contribution >= 0.6 is 0 Å². The number of amides is 1. The maximum Gasteiger partial charge on any atom is 0.232 e. The molecule has 0 radical (unpaired) electrons. The van der Waals surface area contributed by atoms with Crippen molar-refractivity contribution >= 4 is 17.4 Å². The smallest absolute Gasteiger partial charge is 0.232 e. The summed E-state index contributed by atoms with van der Waals surface area (Å²) in [6.07, 6.45) is 1.51. The van der Waals surface area contributed by atoms with Crippen molar-refractivity contribution < 1.29 is 14.3 Å². The molecule has 0 saturated heterocycles. The quantitative estimate of drug-likeness (QED) is 0.682. The van der Waals surface area contributed by atoms with Crippen LogP contribution in [-0.2, 0) is 9.59 Å². The Balaban J connectivity index is 1.90. The molecule has 2 aromatic rings. The number of hydrogen-bond donors (Lipinski definition) is 0. The molecule has 1 atom stereocenters. The number of nitrogens with zero attached hydrogens (tertiary/aromatic N) is 1. The summed E-state index contributed by atoms with van der Waals surface area (Å²) in [4.78, 5) is 28.7. The predicted molar refractivity (Wildman–Crippen MR) is 119 cm³/mol. The Morgan fingerprint density at radius 3 is 2.37 bits per heavy atom. The van der Waals surface area contributed by atoms with Gasteiger partial charge in [0.15, 0.2) is 5.78 Å². The van der Waals surface area contributed by atoms with Crippen molar-refractivity contribution in [2.45, 2.75) is 52.9 Å². The van der Waals surface area contributed by atoms with Gasteiger partial charge in [0.05, 0.1) is 12.8 Å². The molecule has 2 aromatic carbocycles. The standard InChI is InChI=1S/C26H29NO3/c1-16-7-6-8-21(17(16)2)27-22-14-26(3,4)15-23(28)25(22)20(13-24(27)29)18-9-11-19(30-5)12-10-18/h6-12,20H,13-15H2,1-5H3. The van der Waals surface area contributed by atoms with Crippen LogP contribution in [0.3, 0.4) is 0 Å². The minimum atomic E-state index is -0.205. The van der Waals surface area contributed by atoms with E-state index in [4.69, 9.17) is 4.74 Å². The van der Waals surface area contributed by atoms with Crippen LogP contribution in [-0.4, -0.2) is 18.8 Å². The molecular weight excluding hydrogens is 374 g/mol. The van der Waals surface area contributed by atoms with Crippen molar-refractivity contribution in [3.8, 4) is 5.75 Å². The lowest BCUT2D eigenvalue weighted by Gasteiger charge is -2.43. The van der Waals surface area contributed by atoms with E-state index in [2.05, 4.69) is 26.8 Å². The van der Waals surface area contributed by atoms with Crippen molar-refractivity contribution in [3.63, 3.8) is 0 Å². The SMILES string of the molecule is COc1ccc(C2CC(=O)N(c3cccc(C)c3C)C3=C2C(=O)CC(C)(C)C3)cc1. The van der Waals surface area contributed by atoms with E-state index >= 15 is 0 Å². The Bertz CT molecular complexity index is 1050. The lowest BCUT2D eigenvalue weighted by molar-refractivity contribution is -0.121. The number of aryl methyl sites for hydroxylation is 1. The average Bonchev–Trinajstić information content (AvgIpc) is 2.69. The monoisotopic (exact) mass is 403 g/mol. The molecule has 30 heavy (non-hydrogen) atoms. The summed E-state index contributed by atoms with van der Waals surface area (Å²) < 4.78 is 5.28. The number of carbonyl (C=O) groups excluding carboxylic acids is 2. The third kappa shape index (κ3) is 3.45. The van der Waals surface area contributed by atoms with Gasteiger partial charge in [-0.05, 0) is 60.6 Å². The predicted octanol–water partition coefficient (Wildman–Crippen LogP) is 5.48. The summed E-state index contributed by atoms with van der Waals surface area (Å²) in [7, 11) is 1.63. The number of benzene rings is 2. The first kappa shape index (κ1) is 20.4. The molecule has 4 heteroatoms. The number of hydrogen-bond acceptors (Lipinski definition) is 3. The van der Waals surface area contributed by atoms with E-state index in [-0.39, 0.29) is 23.0 Å². The highest BCUT2D eigenvalue weighted by molar-refractivity contribution is 6.08. The number of anilines is 1. The highest BCUT2D eigenvalue weighted by atomic mass is 16.5. The Morgan fingerprint density at radius 2 is 1.70 bits per heavy atom. The first-order chi connectivity index (χ1) is 14.2. The van der Waals surface area contributed by atoms with Crippen LogP contribution in [0.25, 0.3) is 0 Å². The first-order valence-electron chi connectivity index (χ1n) is 10.5. The van der Waals surface area contributed by atoms with Crippen molar-refractivity contribution in [1.82, 2.24) is 0 Å². The maximum absolute atomic E-state index is 13.5. The van der Waals surface area contributed by atoms with Gasteiger partial charge in [0.1, 0.15) is 5.75 Å². The van der Waals surface area contributed by atoms with Gasteiger partial charge in [0.25, 0.3) is 0 Å². The van der Waals surface area contributed by atoms with Crippen LogP contribution < -0.4 is 9.64 Å². The van der Waals surface area contributed by atoms with E-state index in [0.717, 1.165) is 39.4 Å². The molecule has 0 aromatic heterocycles. The molecule has 0 N–H and O–H groups in total. The van der Waals surface area contributed by atoms with Gasteiger partial charge in [0.2, 0.25) is 5.91 Å². The second kappa shape index (κ2) is 7.42. The Kier molecular flexibility index (Phi) is 5.05. The molecule has 0 spiro atoms. The molecule has 0 bridgehead atoms. The average molecular weight is 404 g/mol. The Labute approximate surface area is 178 Å². The topological polar surface area (TPSA) is 46.6 Å². The number of methoxy groups -OCH3 is 1. The van der Waals surface area contributed by atoms with Gasteiger partial charge < -0.3 is 4.74 Å². The highest BCUT2D eigenvalue weighted by Gasteiger charge is 2.44. The van der Waals surface area contributed by atoms with Crippen molar-refractivity contribution in [2.75, 3.05) is 12.0 Å². The van der Waals surface area contributed by atoms with Crippen molar-refractivity contribution in [3.05, 3.63) is 70.4 Å². The van der Waals surface area contributed by atoms with Crippen molar-refractivity contribution in [1.29, 1.82) is 0 Å². The minimum absolute atomic E-state index is 0.0498. The third-order valence-electron chi connectivity index (χ3n) is 6.48. The van der Waals surface area contributed by atoms with E-state index in [1.54, 1.807) is 7.11 Å². The molecule has 1 amide bonds. The molecule has 156 valence electrons. The molecular formula is C26H29NO3. The van der Waals surface area contributed by atoms with Gasteiger partial charge in [0, 0.05) is 30.0 Å². The van der Waals surface area contributed by atoms with Crippen molar-refractivity contribution in [2.24, 2.45) is 5.41 Å². The van der Waals surface area contributed by atoms with Crippen LogP contribution in [0.2, 0.25) is 0 Å². The minimum Gasteiger partial charge on any atom is -0.497 e. The van der Waals surface area contributed by atoms with E-state index in [1.165, 1.54) is 0 Å². The zero-order chi connectivity index (χ0) is 21.6. The van der Waals surface area contributed by atoms with Gasteiger partial charge in [-0.2, -0.15) is 0 Å². The summed E-state index contributed by atoms with van der Waals surface area (Å²) in [5, 5.41) is 0. The molecule has 0 fully saturated rings. The second-order valence-corrected chi connectivity index (χ2v) is 9.28. The van der Waals surface area contributed by atoms with Gasteiger partial charge in [-0.15, -0.1) is 0 Å². The number of allylic oxidation sites excluding steroid dienone is 2. The van der Waals surface area contributed by atoms with Crippen LogP contribution in [0.1, 0.15) is 55.7 Å². The van der Waals surface area contributed by atoms with Crippen LogP contribution in [0, 0.1) is 19.3 Å². The lowest BCUT2D eigenvalue weighted by atomic mass is 9.69. The van der Waals surface area contributed by atoms with E-state index in [1.807, 2.05) is 48.2 Å². The Morgan fingerprint density at radius 1 is 1.00 bits per heavy atom. The molecule has 1 unspecified atom stereocenters. The van der Waals surface area contributed by atoms with Gasteiger partial charge in [-0.1, -0.05) is 38.1 Å².